The van der Waals surface area contributed by atoms with E-state index in [-0.39, 0.29) is 11.0 Å². The van der Waals surface area contributed by atoms with Crippen molar-refractivity contribution in [3.05, 3.63) is 56.5 Å². The lowest BCUT2D eigenvalue weighted by atomic mass is 10.1. The van der Waals surface area contributed by atoms with Crippen molar-refractivity contribution in [2.75, 3.05) is 10.6 Å². The highest BCUT2D eigenvalue weighted by atomic mass is 79.9. The van der Waals surface area contributed by atoms with Gasteiger partial charge in [0.25, 0.3) is 5.91 Å². The van der Waals surface area contributed by atoms with Gasteiger partial charge >= 0.3 is 0 Å². The van der Waals surface area contributed by atoms with Gasteiger partial charge in [-0.25, -0.2) is 0 Å². The van der Waals surface area contributed by atoms with E-state index in [0.717, 1.165) is 27.0 Å². The molecule has 0 fully saturated rings. The van der Waals surface area contributed by atoms with E-state index in [2.05, 4.69) is 26.6 Å². The molecule has 1 amide bonds. The number of thiocarbonyl (C=S) groups is 1. The first-order valence-corrected chi connectivity index (χ1v) is 8.30. The molecule has 0 saturated carbocycles. The molecule has 0 heterocycles. The minimum Gasteiger partial charge on any atom is -0.376 e. The van der Waals surface area contributed by atoms with Gasteiger partial charge < -0.3 is 16.4 Å². The normalized spacial score (nSPS) is 10.3. The standard InChI is InChI=1S/C16H15BrClN3OS/c1-8-5-11(20-16(19)23)6-9(2)14(8)21-15(22)12-7-10(17)3-4-13(12)18/h3-7H,1-2H3,(H,21,22)(H3,19,20,23). The third-order valence-corrected chi connectivity index (χ3v) is 4.14. The second-order valence-electron chi connectivity index (χ2n) is 5.05. The zero-order chi connectivity index (χ0) is 17.1. The van der Waals surface area contributed by atoms with E-state index in [4.69, 9.17) is 29.6 Å². The van der Waals surface area contributed by atoms with Crippen LogP contribution in [-0.2, 0) is 0 Å². The van der Waals surface area contributed by atoms with Gasteiger partial charge in [0.1, 0.15) is 0 Å². The Labute approximate surface area is 153 Å². The highest BCUT2D eigenvalue weighted by Gasteiger charge is 2.14. The zero-order valence-corrected chi connectivity index (χ0v) is 15.7. The summed E-state index contributed by atoms with van der Waals surface area (Å²) >= 11 is 14.3. The molecular formula is C16H15BrClN3OS. The lowest BCUT2D eigenvalue weighted by Crippen LogP contribution is -2.19. The molecule has 0 aliphatic rings. The summed E-state index contributed by atoms with van der Waals surface area (Å²) in [7, 11) is 0. The van der Waals surface area contributed by atoms with Gasteiger partial charge in [-0.15, -0.1) is 0 Å². The molecule has 0 atom stereocenters. The van der Waals surface area contributed by atoms with Gasteiger partial charge in [-0.3, -0.25) is 4.79 Å². The van der Waals surface area contributed by atoms with Gasteiger partial charge in [-0.2, -0.15) is 0 Å². The van der Waals surface area contributed by atoms with Crippen LogP contribution in [0.5, 0.6) is 0 Å². The highest BCUT2D eigenvalue weighted by Crippen LogP contribution is 2.27. The van der Waals surface area contributed by atoms with Gasteiger partial charge in [-0.1, -0.05) is 27.5 Å². The minimum absolute atomic E-state index is 0.196. The summed E-state index contributed by atoms with van der Waals surface area (Å²) in [4.78, 5) is 12.5. The molecule has 2 rings (SSSR count). The largest absolute Gasteiger partial charge is 0.376 e. The van der Waals surface area contributed by atoms with E-state index >= 15 is 0 Å². The monoisotopic (exact) mass is 411 g/mol. The number of hydrogen-bond acceptors (Lipinski definition) is 2. The molecular weight excluding hydrogens is 398 g/mol. The van der Waals surface area contributed by atoms with Gasteiger partial charge in [-0.05, 0) is 67.5 Å². The zero-order valence-electron chi connectivity index (χ0n) is 12.5. The molecule has 2 aromatic carbocycles. The molecule has 0 radical (unpaired) electrons. The van der Waals surface area contributed by atoms with Crippen LogP contribution in [0.2, 0.25) is 5.02 Å². The third kappa shape index (κ3) is 4.43. The number of carbonyl (C=O) groups is 1. The van der Waals surface area contributed by atoms with Crippen molar-refractivity contribution in [1.29, 1.82) is 0 Å². The highest BCUT2D eigenvalue weighted by molar-refractivity contribution is 9.10. The average Bonchev–Trinajstić information content (AvgIpc) is 2.44. The van der Waals surface area contributed by atoms with Crippen LogP contribution in [0.25, 0.3) is 0 Å². The molecule has 0 bridgehead atoms. The minimum atomic E-state index is -0.266. The topological polar surface area (TPSA) is 67.2 Å². The molecule has 0 unspecified atom stereocenters. The van der Waals surface area contributed by atoms with Crippen molar-refractivity contribution in [3.8, 4) is 0 Å². The first-order valence-electron chi connectivity index (χ1n) is 6.72. The van der Waals surface area contributed by atoms with Crippen LogP contribution in [0.15, 0.2) is 34.8 Å². The fourth-order valence-corrected chi connectivity index (χ4v) is 2.91. The van der Waals surface area contributed by atoms with Crippen LogP contribution in [0, 0.1) is 13.8 Å². The molecule has 4 nitrogen and oxygen atoms in total. The predicted molar refractivity (Wildman–Crippen MR) is 103 cm³/mol. The summed E-state index contributed by atoms with van der Waals surface area (Å²) in [5, 5.41) is 6.38. The van der Waals surface area contributed by atoms with Crippen LogP contribution < -0.4 is 16.4 Å². The lowest BCUT2D eigenvalue weighted by molar-refractivity contribution is 0.102. The maximum atomic E-state index is 12.5. The molecule has 120 valence electrons. The molecule has 7 heteroatoms. The van der Waals surface area contributed by atoms with Gasteiger partial charge in [0, 0.05) is 15.8 Å². The molecule has 0 aromatic heterocycles. The van der Waals surface area contributed by atoms with E-state index in [0.29, 0.717) is 10.6 Å². The number of rotatable bonds is 3. The van der Waals surface area contributed by atoms with E-state index < -0.39 is 0 Å². The van der Waals surface area contributed by atoms with Crippen molar-refractivity contribution >= 4 is 62.1 Å². The first-order chi connectivity index (χ1) is 10.8. The molecule has 0 saturated heterocycles. The van der Waals surface area contributed by atoms with Crippen LogP contribution in [0.1, 0.15) is 21.5 Å². The predicted octanol–water partition coefficient (Wildman–Crippen LogP) is 4.63. The molecule has 0 spiro atoms. The van der Waals surface area contributed by atoms with Crippen molar-refractivity contribution in [1.82, 2.24) is 0 Å². The Morgan fingerprint density at radius 2 is 1.78 bits per heavy atom. The molecule has 23 heavy (non-hydrogen) atoms. The number of benzene rings is 2. The fraction of sp³-hybridized carbons (Fsp3) is 0.125. The smallest absolute Gasteiger partial charge is 0.257 e. The summed E-state index contributed by atoms with van der Waals surface area (Å²) in [6.07, 6.45) is 0. The second kappa shape index (κ2) is 7.29. The maximum absolute atomic E-state index is 12.5. The molecule has 0 aliphatic carbocycles. The van der Waals surface area contributed by atoms with Crippen LogP contribution in [0.3, 0.4) is 0 Å². The SMILES string of the molecule is Cc1cc(NC(N)=S)cc(C)c1NC(=O)c1cc(Br)ccc1Cl. The Morgan fingerprint density at radius 3 is 2.35 bits per heavy atom. The maximum Gasteiger partial charge on any atom is 0.257 e. The Kier molecular flexibility index (Phi) is 5.62. The Morgan fingerprint density at radius 1 is 1.17 bits per heavy atom. The molecule has 0 aliphatic heterocycles. The van der Waals surface area contributed by atoms with E-state index in [1.807, 2.05) is 26.0 Å². The van der Waals surface area contributed by atoms with Crippen molar-refractivity contribution in [2.24, 2.45) is 5.73 Å². The van der Waals surface area contributed by atoms with Gasteiger partial charge in [0.2, 0.25) is 0 Å². The van der Waals surface area contributed by atoms with E-state index in [1.165, 1.54) is 0 Å². The quantitative estimate of drug-likeness (QED) is 0.643. The number of nitrogens with one attached hydrogen (secondary N) is 2. The number of nitrogens with two attached hydrogens (primary N) is 1. The van der Waals surface area contributed by atoms with Crippen molar-refractivity contribution in [2.45, 2.75) is 13.8 Å². The Balaban J connectivity index is 2.31. The van der Waals surface area contributed by atoms with E-state index in [9.17, 15) is 4.79 Å². The van der Waals surface area contributed by atoms with Crippen LogP contribution in [-0.4, -0.2) is 11.0 Å². The summed E-state index contributed by atoms with van der Waals surface area (Å²) < 4.78 is 0.788. The molecule has 2 aromatic rings. The second-order valence-corrected chi connectivity index (χ2v) is 6.82. The molecule has 4 N–H and O–H groups in total. The van der Waals surface area contributed by atoms with Crippen molar-refractivity contribution in [3.63, 3.8) is 0 Å². The van der Waals surface area contributed by atoms with Gasteiger partial charge in [0.15, 0.2) is 5.11 Å². The Hall–Kier alpha value is -1.63. The third-order valence-electron chi connectivity index (χ3n) is 3.21. The van der Waals surface area contributed by atoms with Crippen LogP contribution >= 0.6 is 39.7 Å². The summed E-state index contributed by atoms with van der Waals surface area (Å²) in [6, 6.07) is 8.88. The number of carbonyl (C=O) groups excluding carboxylic acids is 1. The number of halogens is 2. The average molecular weight is 413 g/mol. The summed E-state index contributed by atoms with van der Waals surface area (Å²) in [5.41, 5.74) is 9.19. The summed E-state index contributed by atoms with van der Waals surface area (Å²) in [6.45, 7) is 3.80. The number of amides is 1. The first kappa shape index (κ1) is 17.7. The number of aryl methyl sites for hydroxylation is 2. The van der Waals surface area contributed by atoms with Crippen molar-refractivity contribution < 1.29 is 4.79 Å². The van der Waals surface area contributed by atoms with E-state index in [1.54, 1.807) is 18.2 Å². The number of anilines is 2. The lowest BCUT2D eigenvalue weighted by Gasteiger charge is -2.15. The van der Waals surface area contributed by atoms with Crippen LogP contribution in [0.4, 0.5) is 11.4 Å². The Bertz CT molecular complexity index is 772. The van der Waals surface area contributed by atoms with Gasteiger partial charge in [0.05, 0.1) is 10.6 Å². The fourth-order valence-electron chi connectivity index (χ4n) is 2.23. The summed E-state index contributed by atoms with van der Waals surface area (Å²) in [5.74, 6) is -0.266. The number of hydrogen-bond donors (Lipinski definition) is 3.